The van der Waals surface area contributed by atoms with Crippen LogP contribution in [-0.2, 0) is 4.74 Å². The molecule has 1 aromatic heterocycles. The number of urea groups is 1. The number of hydrogen-bond donors (Lipinski definition) is 0. The van der Waals surface area contributed by atoms with Crippen LogP contribution in [0.5, 0.6) is 0 Å². The van der Waals surface area contributed by atoms with Gasteiger partial charge in [0.2, 0.25) is 11.4 Å². The van der Waals surface area contributed by atoms with Crippen LogP contribution < -0.4 is 4.90 Å². The van der Waals surface area contributed by atoms with Gasteiger partial charge in [0, 0.05) is 18.7 Å². The van der Waals surface area contributed by atoms with Gasteiger partial charge in [-0.25, -0.2) is 14.5 Å². The van der Waals surface area contributed by atoms with Crippen molar-refractivity contribution in [3.05, 3.63) is 39.9 Å². The van der Waals surface area contributed by atoms with Gasteiger partial charge < -0.3 is 9.64 Å². The molecule has 0 bridgehead atoms. The van der Waals surface area contributed by atoms with E-state index in [1.54, 1.807) is 4.90 Å². The Morgan fingerprint density at radius 1 is 1.39 bits per heavy atom. The summed E-state index contributed by atoms with van der Waals surface area (Å²) in [5, 5.41) is 19.1. The Bertz CT molecular complexity index is 888. The number of ether oxygens (including phenoxy) is 1. The third-order valence-electron chi connectivity index (χ3n) is 3.97. The molecule has 28 heavy (non-hydrogen) atoms. The number of carbonyl (C=O) groups excluding carboxylic acids is 2. The molecule has 3 rings (SSSR count). The molecule has 1 unspecified atom stereocenters. The van der Waals surface area contributed by atoms with Crippen LogP contribution in [0.2, 0.25) is 0 Å². The lowest BCUT2D eigenvalue weighted by molar-refractivity contribution is -0.384. The summed E-state index contributed by atoms with van der Waals surface area (Å²) in [7, 11) is 0. The van der Waals surface area contributed by atoms with E-state index in [-0.39, 0.29) is 23.8 Å². The van der Waals surface area contributed by atoms with Crippen molar-refractivity contribution in [3.63, 3.8) is 0 Å². The van der Waals surface area contributed by atoms with E-state index < -0.39 is 17.1 Å². The molecule has 1 aliphatic heterocycles. The molecule has 2 amide bonds. The first kappa shape index (κ1) is 20.0. The highest BCUT2D eigenvalue weighted by atomic mass is 32.2. The molecule has 0 aliphatic carbocycles. The second kappa shape index (κ2) is 8.52. The first-order valence-electron chi connectivity index (χ1n) is 8.35. The molecule has 0 spiro atoms. The van der Waals surface area contributed by atoms with Crippen molar-refractivity contribution in [2.45, 2.75) is 23.9 Å². The molecular formula is C16H17N5O5S2. The number of rotatable bonds is 7. The largest absolute Gasteiger partial charge is 0.435 e. The number of thioether (sulfide) groups is 1. The van der Waals surface area contributed by atoms with Crippen molar-refractivity contribution in [1.29, 1.82) is 0 Å². The number of carbonyl (C=O) groups is 2. The first-order chi connectivity index (χ1) is 13.4. The van der Waals surface area contributed by atoms with Gasteiger partial charge in [0.25, 0.3) is 5.69 Å². The van der Waals surface area contributed by atoms with E-state index in [1.165, 1.54) is 52.3 Å². The molecule has 0 radical (unpaired) electrons. The maximum Gasteiger partial charge on any atom is 0.340 e. The lowest BCUT2D eigenvalue weighted by atomic mass is 10.2. The highest BCUT2D eigenvalue weighted by Crippen LogP contribution is 2.32. The molecule has 2 heterocycles. The van der Waals surface area contributed by atoms with Gasteiger partial charge >= 0.3 is 12.0 Å². The van der Waals surface area contributed by atoms with Crippen molar-refractivity contribution in [2.24, 2.45) is 0 Å². The number of nitro benzene ring substituents is 1. The van der Waals surface area contributed by atoms with E-state index in [2.05, 4.69) is 10.2 Å². The standard InChI is InChI=1S/C16H17N5O5S2/c1-3-8-19-9-12(20(16(19)23)14-17-18-15(27-2)28-14)26-13(22)10-4-6-11(7-5-10)21(24)25/h4-7,12H,3,8-9H2,1-2H3. The van der Waals surface area contributed by atoms with Crippen molar-refractivity contribution >= 4 is 45.9 Å². The van der Waals surface area contributed by atoms with Gasteiger partial charge in [-0.3, -0.25) is 10.1 Å². The number of non-ortho nitro benzene ring substituents is 1. The van der Waals surface area contributed by atoms with Crippen LogP contribution in [0.4, 0.5) is 15.6 Å². The number of nitrogens with zero attached hydrogens (tertiary/aromatic N) is 5. The number of benzene rings is 1. The average molecular weight is 423 g/mol. The summed E-state index contributed by atoms with van der Waals surface area (Å²) in [6.07, 6.45) is 1.75. The fourth-order valence-corrected chi connectivity index (χ4v) is 3.96. The summed E-state index contributed by atoms with van der Waals surface area (Å²) in [6, 6.07) is 4.80. The van der Waals surface area contributed by atoms with E-state index in [0.717, 1.165) is 6.42 Å². The number of anilines is 1. The van der Waals surface area contributed by atoms with Crippen molar-refractivity contribution in [2.75, 3.05) is 24.2 Å². The molecule has 12 heteroatoms. The molecule has 0 saturated carbocycles. The predicted molar refractivity (Wildman–Crippen MR) is 104 cm³/mol. The summed E-state index contributed by atoms with van der Waals surface area (Å²) in [4.78, 5) is 38.4. The van der Waals surface area contributed by atoms with Crippen molar-refractivity contribution < 1.29 is 19.2 Å². The normalized spacial score (nSPS) is 16.5. The van der Waals surface area contributed by atoms with Crippen LogP contribution in [0.3, 0.4) is 0 Å². The van der Waals surface area contributed by atoms with Crippen molar-refractivity contribution in [3.8, 4) is 0 Å². The monoisotopic (exact) mass is 423 g/mol. The Labute approximate surface area is 168 Å². The predicted octanol–water partition coefficient (Wildman–Crippen LogP) is 3.00. The maximum atomic E-state index is 12.8. The second-order valence-corrected chi connectivity index (χ2v) is 7.83. The quantitative estimate of drug-likeness (QED) is 0.219. The van der Waals surface area contributed by atoms with Crippen LogP contribution in [0.25, 0.3) is 0 Å². The fraction of sp³-hybridized carbons (Fsp3) is 0.375. The summed E-state index contributed by atoms with van der Waals surface area (Å²) in [6.45, 7) is 2.68. The molecule has 1 atom stereocenters. The molecule has 10 nitrogen and oxygen atoms in total. The Hall–Kier alpha value is -2.73. The fourth-order valence-electron chi connectivity index (χ4n) is 2.67. The molecule has 0 N–H and O–H groups in total. The first-order valence-corrected chi connectivity index (χ1v) is 10.4. The minimum absolute atomic E-state index is 0.123. The van der Waals surface area contributed by atoms with Crippen LogP contribution in [0.1, 0.15) is 23.7 Å². The maximum absolute atomic E-state index is 12.8. The zero-order valence-corrected chi connectivity index (χ0v) is 16.7. The van der Waals surface area contributed by atoms with E-state index in [1.807, 2.05) is 13.2 Å². The second-order valence-electron chi connectivity index (χ2n) is 5.82. The molecule has 1 saturated heterocycles. The summed E-state index contributed by atoms with van der Waals surface area (Å²) in [5.41, 5.74) is 0.0378. The van der Waals surface area contributed by atoms with Gasteiger partial charge in [-0.05, 0) is 24.8 Å². The van der Waals surface area contributed by atoms with Gasteiger partial charge in [0.05, 0.1) is 17.0 Å². The Kier molecular flexibility index (Phi) is 6.09. The lowest BCUT2D eigenvalue weighted by Gasteiger charge is -2.19. The highest BCUT2D eigenvalue weighted by Gasteiger charge is 2.42. The molecule has 1 aromatic carbocycles. The third-order valence-corrected chi connectivity index (χ3v) is 5.87. The molecule has 148 valence electrons. The number of nitro groups is 1. The zero-order valence-electron chi connectivity index (χ0n) is 15.1. The number of aromatic nitrogens is 2. The minimum Gasteiger partial charge on any atom is -0.435 e. The van der Waals surface area contributed by atoms with E-state index in [0.29, 0.717) is 16.0 Å². The topological polar surface area (TPSA) is 119 Å². The molecule has 2 aromatic rings. The van der Waals surface area contributed by atoms with Crippen LogP contribution in [0, 0.1) is 10.1 Å². The van der Waals surface area contributed by atoms with Crippen molar-refractivity contribution in [1.82, 2.24) is 15.1 Å². The van der Waals surface area contributed by atoms with E-state index in [4.69, 9.17) is 4.74 Å². The zero-order chi connectivity index (χ0) is 20.3. The van der Waals surface area contributed by atoms with Gasteiger partial charge in [-0.15, -0.1) is 10.2 Å². The number of hydrogen-bond acceptors (Lipinski definition) is 9. The Balaban J connectivity index is 1.81. The molecular weight excluding hydrogens is 406 g/mol. The summed E-state index contributed by atoms with van der Waals surface area (Å²) < 4.78 is 6.23. The van der Waals surface area contributed by atoms with E-state index >= 15 is 0 Å². The smallest absolute Gasteiger partial charge is 0.340 e. The van der Waals surface area contributed by atoms with Gasteiger partial charge in [0.15, 0.2) is 4.34 Å². The number of amides is 2. The number of esters is 1. The van der Waals surface area contributed by atoms with E-state index in [9.17, 15) is 19.7 Å². The van der Waals surface area contributed by atoms with Gasteiger partial charge in [0.1, 0.15) is 0 Å². The van der Waals surface area contributed by atoms with Gasteiger partial charge in [-0.2, -0.15) is 0 Å². The molecule has 1 aliphatic rings. The minimum atomic E-state index is -0.857. The Morgan fingerprint density at radius 2 is 2.11 bits per heavy atom. The molecule has 1 fully saturated rings. The average Bonchev–Trinajstić information content (AvgIpc) is 3.27. The summed E-state index contributed by atoms with van der Waals surface area (Å²) in [5.74, 6) is -0.675. The van der Waals surface area contributed by atoms with Gasteiger partial charge in [-0.1, -0.05) is 30.0 Å². The third kappa shape index (κ3) is 4.07. The lowest BCUT2D eigenvalue weighted by Crippen LogP contribution is -2.37. The highest BCUT2D eigenvalue weighted by molar-refractivity contribution is 8.00. The Morgan fingerprint density at radius 3 is 2.68 bits per heavy atom. The SMILES string of the molecule is CCCN1CC(OC(=O)c2ccc([N+](=O)[O-])cc2)N(c2nnc(SC)s2)C1=O. The van der Waals surface area contributed by atoms with Crippen LogP contribution in [0.15, 0.2) is 28.6 Å². The summed E-state index contributed by atoms with van der Waals surface area (Å²) >= 11 is 2.65. The van der Waals surface area contributed by atoms with Crippen LogP contribution in [-0.4, -0.2) is 57.6 Å². The van der Waals surface area contributed by atoms with Crippen LogP contribution >= 0.6 is 23.1 Å².